The fourth-order valence-corrected chi connectivity index (χ4v) is 4.21. The zero-order chi connectivity index (χ0) is 14.0. The van der Waals surface area contributed by atoms with Gasteiger partial charge < -0.3 is 0 Å². The summed E-state index contributed by atoms with van der Waals surface area (Å²) < 4.78 is 2.23. The van der Waals surface area contributed by atoms with Crippen LogP contribution in [0.3, 0.4) is 0 Å². The highest BCUT2D eigenvalue weighted by Gasteiger charge is 2.15. The molecule has 0 heterocycles. The Bertz CT molecular complexity index is 596. The lowest BCUT2D eigenvalue weighted by molar-refractivity contribution is 0.941. The molecule has 0 saturated carbocycles. The van der Waals surface area contributed by atoms with Crippen molar-refractivity contribution in [1.29, 1.82) is 0 Å². The molecule has 100 valence electrons. The molecule has 1 atom stereocenters. The summed E-state index contributed by atoms with van der Waals surface area (Å²) in [5.41, 5.74) is 3.58. The minimum atomic E-state index is 0.221. The molecule has 0 nitrogen and oxygen atoms in total. The van der Waals surface area contributed by atoms with Crippen LogP contribution in [0.2, 0.25) is 5.02 Å². The fraction of sp³-hybridized carbons (Fsp3) is 0.200. The summed E-state index contributed by atoms with van der Waals surface area (Å²) in [4.78, 5) is 0.221. The Morgan fingerprint density at radius 2 is 1.79 bits per heavy atom. The minimum Gasteiger partial charge on any atom is -0.0840 e. The van der Waals surface area contributed by atoms with Crippen LogP contribution in [-0.4, -0.2) is 0 Å². The number of aryl methyl sites for hydroxylation is 1. The van der Waals surface area contributed by atoms with E-state index in [0.717, 1.165) is 26.0 Å². The standard InChI is InChI=1S/C15H12Br3Cl/c1-9-6-13(17)11(8-12(9)16)14(18)7-10-4-2-3-5-15(10)19/h2-6,8,14H,7H2,1H3. The van der Waals surface area contributed by atoms with E-state index in [1.165, 1.54) is 11.1 Å². The van der Waals surface area contributed by atoms with Gasteiger partial charge in [-0.1, -0.05) is 77.6 Å². The summed E-state index contributed by atoms with van der Waals surface area (Å²) in [6, 6.07) is 12.2. The van der Waals surface area contributed by atoms with Crippen molar-refractivity contribution in [3.05, 3.63) is 67.1 Å². The van der Waals surface area contributed by atoms with Crippen LogP contribution in [-0.2, 0) is 6.42 Å². The second kappa shape index (κ2) is 6.75. The van der Waals surface area contributed by atoms with Crippen molar-refractivity contribution in [2.45, 2.75) is 18.2 Å². The van der Waals surface area contributed by atoms with E-state index in [1.807, 2.05) is 18.2 Å². The van der Waals surface area contributed by atoms with E-state index in [1.54, 1.807) is 0 Å². The molecule has 0 amide bonds. The summed E-state index contributed by atoms with van der Waals surface area (Å²) in [6.07, 6.45) is 0.855. The van der Waals surface area contributed by atoms with Gasteiger partial charge in [0.05, 0.1) is 0 Å². The van der Waals surface area contributed by atoms with E-state index < -0.39 is 0 Å². The van der Waals surface area contributed by atoms with E-state index in [0.29, 0.717) is 0 Å². The number of rotatable bonds is 3. The van der Waals surface area contributed by atoms with Crippen molar-refractivity contribution < 1.29 is 0 Å². The molecule has 0 saturated heterocycles. The average Bonchev–Trinajstić information content (AvgIpc) is 2.36. The first-order valence-electron chi connectivity index (χ1n) is 5.82. The number of alkyl halides is 1. The molecule has 0 radical (unpaired) electrons. The second-order valence-electron chi connectivity index (χ2n) is 4.39. The van der Waals surface area contributed by atoms with Crippen LogP contribution in [0.15, 0.2) is 45.3 Å². The van der Waals surface area contributed by atoms with Crippen LogP contribution in [0.4, 0.5) is 0 Å². The molecule has 4 heteroatoms. The Labute approximate surface area is 143 Å². The maximum Gasteiger partial charge on any atom is 0.0447 e. The Kier molecular flexibility index (Phi) is 5.53. The molecule has 0 aliphatic rings. The Balaban J connectivity index is 2.28. The largest absolute Gasteiger partial charge is 0.0840 e. The van der Waals surface area contributed by atoms with Crippen molar-refractivity contribution in [3.8, 4) is 0 Å². The maximum atomic E-state index is 6.21. The molecule has 19 heavy (non-hydrogen) atoms. The zero-order valence-electron chi connectivity index (χ0n) is 10.3. The third kappa shape index (κ3) is 3.84. The van der Waals surface area contributed by atoms with Crippen LogP contribution < -0.4 is 0 Å². The molecule has 2 rings (SSSR count). The number of hydrogen-bond acceptors (Lipinski definition) is 0. The lowest BCUT2D eigenvalue weighted by Gasteiger charge is -2.15. The first-order valence-corrected chi connectivity index (χ1v) is 8.70. The lowest BCUT2D eigenvalue weighted by Crippen LogP contribution is -1.98. The van der Waals surface area contributed by atoms with Crippen molar-refractivity contribution in [2.75, 3.05) is 0 Å². The second-order valence-corrected chi connectivity index (χ2v) is 7.61. The molecule has 0 N–H and O–H groups in total. The van der Waals surface area contributed by atoms with Gasteiger partial charge in [-0.25, -0.2) is 0 Å². The van der Waals surface area contributed by atoms with Gasteiger partial charge in [0.1, 0.15) is 0 Å². The number of hydrogen-bond donors (Lipinski definition) is 0. The van der Waals surface area contributed by atoms with Crippen molar-refractivity contribution in [2.24, 2.45) is 0 Å². The van der Waals surface area contributed by atoms with Crippen LogP contribution in [0.1, 0.15) is 21.5 Å². The molecule has 0 spiro atoms. The number of benzene rings is 2. The Morgan fingerprint density at radius 3 is 2.47 bits per heavy atom. The van der Waals surface area contributed by atoms with Crippen molar-refractivity contribution in [3.63, 3.8) is 0 Å². The molecule has 0 fully saturated rings. The molecule has 0 aliphatic carbocycles. The third-order valence-electron chi connectivity index (χ3n) is 2.97. The molecular weight excluding hydrogens is 455 g/mol. The third-order valence-corrected chi connectivity index (χ3v) is 5.70. The molecule has 0 aromatic heterocycles. The van der Waals surface area contributed by atoms with Gasteiger partial charge in [0.15, 0.2) is 0 Å². The number of halogens is 4. The first kappa shape index (κ1) is 15.6. The smallest absolute Gasteiger partial charge is 0.0447 e. The van der Waals surface area contributed by atoms with Crippen LogP contribution in [0.5, 0.6) is 0 Å². The van der Waals surface area contributed by atoms with Crippen molar-refractivity contribution in [1.82, 2.24) is 0 Å². The van der Waals surface area contributed by atoms with Crippen molar-refractivity contribution >= 4 is 59.4 Å². The zero-order valence-corrected chi connectivity index (χ0v) is 15.8. The van der Waals surface area contributed by atoms with Crippen LogP contribution >= 0.6 is 59.4 Å². The maximum absolute atomic E-state index is 6.21. The summed E-state index contributed by atoms with van der Waals surface area (Å²) in [5, 5.41) is 0.814. The van der Waals surface area contributed by atoms with Gasteiger partial charge in [0.2, 0.25) is 0 Å². The summed E-state index contributed by atoms with van der Waals surface area (Å²) in [7, 11) is 0. The summed E-state index contributed by atoms with van der Waals surface area (Å²) >= 11 is 17.2. The molecule has 0 bridgehead atoms. The quantitative estimate of drug-likeness (QED) is 0.433. The Hall–Kier alpha value is 0.170. The topological polar surface area (TPSA) is 0 Å². The van der Waals surface area contributed by atoms with E-state index in [2.05, 4.69) is 72.9 Å². The molecule has 1 unspecified atom stereocenters. The highest BCUT2D eigenvalue weighted by molar-refractivity contribution is 9.11. The predicted octanol–water partition coefficient (Wildman–Crippen LogP) is 6.85. The Morgan fingerprint density at radius 1 is 1.11 bits per heavy atom. The van der Waals surface area contributed by atoms with Gasteiger partial charge >= 0.3 is 0 Å². The SMILES string of the molecule is Cc1cc(Br)c(C(Br)Cc2ccccc2Cl)cc1Br. The van der Waals surface area contributed by atoms with Gasteiger partial charge in [0.25, 0.3) is 0 Å². The van der Waals surface area contributed by atoms with Gasteiger partial charge in [-0.15, -0.1) is 0 Å². The molecular formula is C15H12Br3Cl. The van der Waals surface area contributed by atoms with Gasteiger partial charge in [0, 0.05) is 18.8 Å². The lowest BCUT2D eigenvalue weighted by atomic mass is 10.0. The van der Waals surface area contributed by atoms with Gasteiger partial charge in [-0.3, -0.25) is 0 Å². The van der Waals surface area contributed by atoms with E-state index >= 15 is 0 Å². The minimum absolute atomic E-state index is 0.221. The van der Waals surface area contributed by atoms with Crippen LogP contribution in [0, 0.1) is 6.92 Å². The normalized spacial score (nSPS) is 12.5. The van der Waals surface area contributed by atoms with E-state index in [9.17, 15) is 0 Å². The average molecular weight is 467 g/mol. The van der Waals surface area contributed by atoms with E-state index in [4.69, 9.17) is 11.6 Å². The first-order chi connectivity index (χ1) is 8.99. The van der Waals surface area contributed by atoms with Gasteiger partial charge in [-0.05, 0) is 48.2 Å². The highest BCUT2D eigenvalue weighted by atomic mass is 79.9. The van der Waals surface area contributed by atoms with Gasteiger partial charge in [-0.2, -0.15) is 0 Å². The summed E-state index contributed by atoms with van der Waals surface area (Å²) in [5.74, 6) is 0. The van der Waals surface area contributed by atoms with Crippen LogP contribution in [0.25, 0.3) is 0 Å². The summed E-state index contributed by atoms with van der Waals surface area (Å²) in [6.45, 7) is 2.08. The molecule has 2 aromatic carbocycles. The monoisotopic (exact) mass is 464 g/mol. The molecule has 0 aliphatic heterocycles. The predicted molar refractivity (Wildman–Crippen MR) is 93.4 cm³/mol. The van der Waals surface area contributed by atoms with E-state index in [-0.39, 0.29) is 4.83 Å². The highest BCUT2D eigenvalue weighted by Crippen LogP contribution is 2.36. The molecule has 2 aromatic rings. The fourth-order valence-electron chi connectivity index (χ4n) is 1.87.